The summed E-state index contributed by atoms with van der Waals surface area (Å²) in [4.78, 5) is 31.6. The predicted molar refractivity (Wildman–Crippen MR) is 126 cm³/mol. The Kier molecular flexibility index (Phi) is 5.62. The third-order valence-electron chi connectivity index (χ3n) is 5.82. The van der Waals surface area contributed by atoms with Gasteiger partial charge < -0.3 is 4.90 Å². The summed E-state index contributed by atoms with van der Waals surface area (Å²) in [7, 11) is 0. The van der Waals surface area contributed by atoms with E-state index in [1.165, 1.54) is 16.9 Å². The molecule has 2 amide bonds. The fourth-order valence-electron chi connectivity index (χ4n) is 4.16. The van der Waals surface area contributed by atoms with Crippen molar-refractivity contribution in [2.24, 2.45) is 5.10 Å². The Morgan fingerprint density at radius 1 is 1.23 bits per heavy atom. The van der Waals surface area contributed by atoms with E-state index in [4.69, 9.17) is 0 Å². The van der Waals surface area contributed by atoms with Crippen LogP contribution in [0.1, 0.15) is 47.8 Å². The van der Waals surface area contributed by atoms with Crippen LogP contribution in [0.4, 0.5) is 11.4 Å². The molecule has 1 unspecified atom stereocenters. The minimum Gasteiger partial charge on any atom is -0.312 e. The lowest BCUT2D eigenvalue weighted by molar-refractivity contribution is -0.117. The van der Waals surface area contributed by atoms with Gasteiger partial charge in [-0.1, -0.05) is 37.2 Å². The summed E-state index contributed by atoms with van der Waals surface area (Å²) in [5.74, 6) is 1.06. The molecule has 31 heavy (non-hydrogen) atoms. The second-order valence-corrected chi connectivity index (χ2v) is 9.72. The van der Waals surface area contributed by atoms with Gasteiger partial charge in [-0.2, -0.15) is 5.10 Å². The zero-order valence-corrected chi connectivity index (χ0v) is 19.0. The molecule has 3 aliphatic rings. The summed E-state index contributed by atoms with van der Waals surface area (Å²) < 4.78 is 0. The third-order valence-corrected chi connectivity index (χ3v) is 7.74. The minimum absolute atomic E-state index is 0.0840. The molecule has 1 N–H and O–H groups in total. The Bertz CT molecular complexity index is 1020. The first kappa shape index (κ1) is 20.4. The number of nitrogens with one attached hydrogen (secondary N) is 1. The number of thiophene rings is 1. The van der Waals surface area contributed by atoms with Crippen LogP contribution in [-0.2, 0) is 10.5 Å². The molecule has 7 nitrogen and oxygen atoms in total. The number of rotatable bonds is 6. The molecule has 0 bridgehead atoms. The SMILES string of the molecule is CCCCN1C(=O)c2sccc2N2C(SCc3ccc(N4CCCC4=O)cc3)=NNC12. The number of amidine groups is 1. The highest BCUT2D eigenvalue weighted by Crippen LogP contribution is 2.38. The van der Waals surface area contributed by atoms with Gasteiger partial charge in [-0.3, -0.25) is 24.8 Å². The zero-order valence-electron chi connectivity index (χ0n) is 17.4. The summed E-state index contributed by atoms with van der Waals surface area (Å²) >= 11 is 3.15. The highest BCUT2D eigenvalue weighted by molar-refractivity contribution is 8.13. The monoisotopic (exact) mass is 455 g/mol. The summed E-state index contributed by atoms with van der Waals surface area (Å²) in [6.45, 7) is 3.65. The van der Waals surface area contributed by atoms with E-state index >= 15 is 0 Å². The summed E-state index contributed by atoms with van der Waals surface area (Å²) in [5.41, 5.74) is 6.26. The van der Waals surface area contributed by atoms with Crippen molar-refractivity contribution >= 4 is 51.5 Å². The first-order valence-corrected chi connectivity index (χ1v) is 12.6. The van der Waals surface area contributed by atoms with Crippen molar-refractivity contribution < 1.29 is 9.59 Å². The van der Waals surface area contributed by atoms with E-state index in [1.807, 2.05) is 33.4 Å². The molecular weight excluding hydrogens is 430 g/mol. The maximum atomic E-state index is 13.0. The van der Waals surface area contributed by atoms with Gasteiger partial charge in [-0.15, -0.1) is 11.3 Å². The highest BCUT2D eigenvalue weighted by atomic mass is 32.2. The van der Waals surface area contributed by atoms with Gasteiger partial charge in [0, 0.05) is 31.0 Å². The topological polar surface area (TPSA) is 68.2 Å². The summed E-state index contributed by atoms with van der Waals surface area (Å²) in [5, 5.41) is 7.42. The van der Waals surface area contributed by atoms with Crippen LogP contribution < -0.4 is 15.2 Å². The second kappa shape index (κ2) is 8.55. The van der Waals surface area contributed by atoms with Gasteiger partial charge in [0.15, 0.2) is 5.17 Å². The van der Waals surface area contributed by atoms with E-state index in [0.717, 1.165) is 53.0 Å². The van der Waals surface area contributed by atoms with Crippen LogP contribution in [0.15, 0.2) is 40.8 Å². The molecule has 0 saturated carbocycles. The number of hydrogen-bond acceptors (Lipinski definition) is 7. The Morgan fingerprint density at radius 3 is 2.81 bits per heavy atom. The molecule has 1 fully saturated rings. The lowest BCUT2D eigenvalue weighted by Gasteiger charge is -2.39. The quantitative estimate of drug-likeness (QED) is 0.712. The normalized spacial score (nSPS) is 20.1. The highest BCUT2D eigenvalue weighted by Gasteiger charge is 2.43. The number of unbranched alkanes of at least 4 members (excludes halogenated alkanes) is 1. The van der Waals surface area contributed by atoms with E-state index in [-0.39, 0.29) is 18.1 Å². The van der Waals surface area contributed by atoms with Crippen LogP contribution in [0.5, 0.6) is 0 Å². The standard InChI is InChI=1S/C22H25N5O2S2/c1-2-3-11-26-20(29)19-17(10-13-30-19)27-21(26)23-24-22(27)31-14-15-6-8-16(9-7-15)25-12-4-5-18(25)28/h6-10,13,21,23H,2-5,11-12,14H2,1H3. The van der Waals surface area contributed by atoms with E-state index in [0.29, 0.717) is 13.0 Å². The first-order chi connectivity index (χ1) is 15.2. The van der Waals surface area contributed by atoms with Crippen LogP contribution >= 0.6 is 23.1 Å². The number of nitrogens with zero attached hydrogens (tertiary/aromatic N) is 4. The number of carbonyl (C=O) groups excluding carboxylic acids is 2. The second-order valence-electron chi connectivity index (χ2n) is 7.86. The molecular formula is C22H25N5O2S2. The molecule has 0 radical (unpaired) electrons. The molecule has 1 aromatic heterocycles. The Balaban J connectivity index is 1.29. The minimum atomic E-state index is -0.257. The maximum Gasteiger partial charge on any atom is 0.269 e. The van der Waals surface area contributed by atoms with Crippen LogP contribution in [-0.4, -0.2) is 41.3 Å². The van der Waals surface area contributed by atoms with E-state index < -0.39 is 0 Å². The van der Waals surface area contributed by atoms with Gasteiger partial charge in [0.25, 0.3) is 5.91 Å². The first-order valence-electron chi connectivity index (χ1n) is 10.7. The number of hydrazone groups is 1. The zero-order chi connectivity index (χ0) is 21.4. The van der Waals surface area contributed by atoms with Crippen LogP contribution in [0, 0.1) is 0 Å². The molecule has 1 aromatic carbocycles. The van der Waals surface area contributed by atoms with Crippen molar-refractivity contribution in [2.75, 3.05) is 22.9 Å². The average molecular weight is 456 g/mol. The number of hydrogen-bond donors (Lipinski definition) is 1. The summed E-state index contributed by atoms with van der Waals surface area (Å²) in [6, 6.07) is 10.2. The van der Waals surface area contributed by atoms with Crippen LogP contribution in [0.3, 0.4) is 0 Å². The predicted octanol–water partition coefficient (Wildman–Crippen LogP) is 4.03. The molecule has 162 valence electrons. The van der Waals surface area contributed by atoms with Gasteiger partial charge in [0.1, 0.15) is 4.88 Å². The number of fused-ring (bicyclic) bond motifs is 3. The number of amides is 2. The van der Waals surface area contributed by atoms with Gasteiger partial charge in [0.05, 0.1) is 5.69 Å². The molecule has 9 heteroatoms. The van der Waals surface area contributed by atoms with Gasteiger partial charge in [-0.05, 0) is 42.0 Å². The lowest BCUT2D eigenvalue weighted by Crippen LogP contribution is -2.58. The largest absolute Gasteiger partial charge is 0.312 e. The molecule has 2 aromatic rings. The third kappa shape index (κ3) is 3.70. The van der Waals surface area contributed by atoms with Gasteiger partial charge >= 0.3 is 0 Å². The number of thioether (sulfide) groups is 1. The van der Waals surface area contributed by atoms with E-state index in [2.05, 4.69) is 34.5 Å². The van der Waals surface area contributed by atoms with Crippen molar-refractivity contribution in [2.45, 2.75) is 44.6 Å². The molecule has 1 saturated heterocycles. The van der Waals surface area contributed by atoms with Crippen molar-refractivity contribution in [3.8, 4) is 0 Å². The van der Waals surface area contributed by atoms with Crippen molar-refractivity contribution in [3.05, 3.63) is 46.2 Å². The Morgan fingerprint density at radius 2 is 2.06 bits per heavy atom. The maximum absolute atomic E-state index is 13.0. The Hall–Kier alpha value is -2.52. The number of benzene rings is 1. The number of anilines is 2. The molecule has 0 aliphatic carbocycles. The van der Waals surface area contributed by atoms with Gasteiger partial charge in [0.2, 0.25) is 12.2 Å². The fourth-order valence-corrected chi connectivity index (χ4v) is 5.94. The molecule has 1 atom stereocenters. The van der Waals surface area contributed by atoms with E-state index in [1.54, 1.807) is 11.8 Å². The molecule has 0 spiro atoms. The smallest absolute Gasteiger partial charge is 0.269 e. The van der Waals surface area contributed by atoms with Crippen LogP contribution in [0.25, 0.3) is 0 Å². The summed E-state index contributed by atoms with van der Waals surface area (Å²) in [6.07, 6.45) is 3.32. The number of carbonyl (C=O) groups is 2. The molecule has 4 heterocycles. The molecule has 5 rings (SSSR count). The van der Waals surface area contributed by atoms with Crippen molar-refractivity contribution in [3.63, 3.8) is 0 Å². The van der Waals surface area contributed by atoms with Crippen LogP contribution in [0.2, 0.25) is 0 Å². The lowest BCUT2D eigenvalue weighted by atomic mass is 10.2. The molecule has 3 aliphatic heterocycles. The average Bonchev–Trinajstić information content (AvgIpc) is 3.52. The van der Waals surface area contributed by atoms with E-state index in [9.17, 15) is 9.59 Å². The fraction of sp³-hybridized carbons (Fsp3) is 0.409. The Labute approximate surface area is 190 Å². The van der Waals surface area contributed by atoms with Gasteiger partial charge in [-0.25, -0.2) is 0 Å². The van der Waals surface area contributed by atoms with Crippen molar-refractivity contribution in [1.29, 1.82) is 0 Å². The van der Waals surface area contributed by atoms with Crippen molar-refractivity contribution in [1.82, 2.24) is 10.3 Å².